The fourth-order valence-electron chi connectivity index (χ4n) is 2.39. The van der Waals surface area contributed by atoms with Gasteiger partial charge in [0.25, 0.3) is 5.69 Å². The van der Waals surface area contributed by atoms with Gasteiger partial charge in [0, 0.05) is 10.9 Å². The maximum Gasteiger partial charge on any atom is 0.287 e. The van der Waals surface area contributed by atoms with E-state index in [1.807, 2.05) is 0 Å². The Morgan fingerprint density at radius 1 is 1.42 bits per heavy atom. The third-order valence-corrected chi connectivity index (χ3v) is 4.33. The van der Waals surface area contributed by atoms with E-state index in [-0.39, 0.29) is 11.7 Å². The highest BCUT2D eigenvalue weighted by Gasteiger charge is 2.21. The Morgan fingerprint density at radius 2 is 2.32 bits per heavy atom. The number of rotatable bonds is 3. The lowest BCUT2D eigenvalue weighted by Crippen LogP contribution is -2.16. The van der Waals surface area contributed by atoms with E-state index in [0.29, 0.717) is 5.82 Å². The summed E-state index contributed by atoms with van der Waals surface area (Å²) < 4.78 is 0. The van der Waals surface area contributed by atoms with Gasteiger partial charge in [0.1, 0.15) is 12.0 Å². The largest absolute Gasteiger partial charge is 0.363 e. The van der Waals surface area contributed by atoms with Crippen LogP contribution in [0, 0.1) is 10.1 Å². The van der Waals surface area contributed by atoms with Gasteiger partial charge in [-0.05, 0) is 42.3 Å². The molecule has 0 aromatic carbocycles. The molecule has 0 fully saturated rings. The van der Waals surface area contributed by atoms with Crippen molar-refractivity contribution < 1.29 is 4.92 Å². The molecule has 1 atom stereocenters. The minimum atomic E-state index is -0.436. The Bertz CT molecular complexity index is 594. The summed E-state index contributed by atoms with van der Waals surface area (Å²) in [4.78, 5) is 15.7. The molecule has 0 aliphatic heterocycles. The van der Waals surface area contributed by atoms with Crippen LogP contribution in [-0.2, 0) is 6.42 Å². The van der Waals surface area contributed by atoms with E-state index < -0.39 is 4.92 Å². The fourth-order valence-corrected chi connectivity index (χ4v) is 3.38. The van der Waals surface area contributed by atoms with E-state index in [1.54, 1.807) is 17.4 Å². The van der Waals surface area contributed by atoms with Crippen LogP contribution in [0.5, 0.6) is 0 Å². The van der Waals surface area contributed by atoms with Crippen molar-refractivity contribution in [3.63, 3.8) is 0 Å². The van der Waals surface area contributed by atoms with Crippen molar-refractivity contribution in [2.75, 3.05) is 5.32 Å². The molecular weight excluding hydrogens is 262 g/mol. The third-order valence-electron chi connectivity index (χ3n) is 3.33. The molecule has 2 aromatic rings. The summed E-state index contributed by atoms with van der Waals surface area (Å²) in [6.07, 6.45) is 4.68. The summed E-state index contributed by atoms with van der Waals surface area (Å²) in [7, 11) is 0. The first kappa shape index (κ1) is 12.1. The van der Waals surface area contributed by atoms with Gasteiger partial charge in [-0.25, -0.2) is 4.98 Å². The normalized spacial score (nSPS) is 17.8. The van der Waals surface area contributed by atoms with E-state index in [2.05, 4.69) is 21.7 Å². The Kier molecular flexibility index (Phi) is 3.16. The maximum absolute atomic E-state index is 10.6. The molecule has 5 nitrogen and oxygen atoms in total. The van der Waals surface area contributed by atoms with E-state index in [4.69, 9.17) is 0 Å². The number of hydrogen-bond acceptors (Lipinski definition) is 5. The Morgan fingerprint density at radius 3 is 3.05 bits per heavy atom. The van der Waals surface area contributed by atoms with Gasteiger partial charge >= 0.3 is 0 Å². The Hall–Kier alpha value is -1.95. The molecule has 0 spiro atoms. The minimum absolute atomic E-state index is 0.0189. The van der Waals surface area contributed by atoms with E-state index in [0.717, 1.165) is 19.3 Å². The van der Waals surface area contributed by atoms with Crippen LogP contribution < -0.4 is 5.32 Å². The molecule has 0 radical (unpaired) electrons. The molecule has 98 valence electrons. The average molecular weight is 275 g/mol. The first-order valence-corrected chi connectivity index (χ1v) is 7.05. The molecule has 6 heteroatoms. The number of pyridine rings is 1. The maximum atomic E-state index is 10.6. The summed E-state index contributed by atoms with van der Waals surface area (Å²) in [5, 5.41) is 16.1. The highest BCUT2D eigenvalue weighted by molar-refractivity contribution is 7.10. The third kappa shape index (κ3) is 2.44. The van der Waals surface area contributed by atoms with Crippen LogP contribution in [0.4, 0.5) is 11.5 Å². The van der Waals surface area contributed by atoms with Crippen LogP contribution in [0.25, 0.3) is 0 Å². The molecule has 0 bridgehead atoms. The van der Waals surface area contributed by atoms with Gasteiger partial charge in [-0.3, -0.25) is 10.1 Å². The topological polar surface area (TPSA) is 68.1 Å². The van der Waals surface area contributed by atoms with Crippen LogP contribution in [0.2, 0.25) is 0 Å². The van der Waals surface area contributed by atoms with Gasteiger partial charge < -0.3 is 5.32 Å². The SMILES string of the molecule is O=[N+]([O-])c1ccc(NC2CCCc3sccc32)nc1. The minimum Gasteiger partial charge on any atom is -0.363 e. The van der Waals surface area contributed by atoms with Crippen molar-refractivity contribution in [2.45, 2.75) is 25.3 Å². The van der Waals surface area contributed by atoms with Crippen molar-refractivity contribution in [1.82, 2.24) is 4.98 Å². The van der Waals surface area contributed by atoms with Gasteiger partial charge in [0.15, 0.2) is 0 Å². The van der Waals surface area contributed by atoms with Crippen LogP contribution >= 0.6 is 11.3 Å². The van der Waals surface area contributed by atoms with Gasteiger partial charge in [0.05, 0.1) is 11.0 Å². The predicted octanol–water partition coefficient (Wildman–Crippen LogP) is 3.54. The predicted molar refractivity (Wildman–Crippen MR) is 74.5 cm³/mol. The second kappa shape index (κ2) is 4.97. The monoisotopic (exact) mass is 275 g/mol. The number of nitrogens with one attached hydrogen (secondary N) is 1. The molecule has 3 rings (SSSR count). The van der Waals surface area contributed by atoms with Crippen molar-refractivity contribution in [3.05, 3.63) is 50.3 Å². The fraction of sp³-hybridized carbons (Fsp3) is 0.308. The van der Waals surface area contributed by atoms with E-state index in [9.17, 15) is 10.1 Å². The molecule has 1 aliphatic carbocycles. The zero-order valence-electron chi connectivity index (χ0n) is 10.2. The summed E-state index contributed by atoms with van der Waals surface area (Å²) in [5.41, 5.74) is 1.36. The molecule has 0 saturated heterocycles. The summed E-state index contributed by atoms with van der Waals surface area (Å²) in [5.74, 6) is 0.689. The molecule has 2 aromatic heterocycles. The molecule has 0 saturated carbocycles. The lowest BCUT2D eigenvalue weighted by atomic mass is 9.94. The molecule has 0 amide bonds. The number of aryl methyl sites for hydroxylation is 1. The van der Waals surface area contributed by atoms with Crippen LogP contribution in [-0.4, -0.2) is 9.91 Å². The van der Waals surface area contributed by atoms with Crippen molar-refractivity contribution >= 4 is 22.8 Å². The first-order valence-electron chi connectivity index (χ1n) is 6.17. The Labute approximate surface area is 114 Å². The summed E-state index contributed by atoms with van der Waals surface area (Å²) in [6, 6.07) is 5.57. The molecule has 1 aliphatic rings. The second-order valence-corrected chi connectivity index (χ2v) is 5.55. The first-order chi connectivity index (χ1) is 9.24. The molecular formula is C13H13N3O2S. The molecule has 19 heavy (non-hydrogen) atoms. The average Bonchev–Trinajstić information content (AvgIpc) is 2.89. The number of hydrogen-bond donors (Lipinski definition) is 1. The number of fused-ring (bicyclic) bond motifs is 1. The van der Waals surface area contributed by atoms with Gasteiger partial charge in [0.2, 0.25) is 0 Å². The zero-order valence-corrected chi connectivity index (χ0v) is 11.0. The standard InChI is InChI=1S/C13H13N3O2S/c17-16(18)9-4-5-13(14-8-9)15-11-2-1-3-12-10(11)6-7-19-12/h4-8,11H,1-3H2,(H,14,15). The zero-order chi connectivity index (χ0) is 13.2. The molecule has 2 heterocycles. The van der Waals surface area contributed by atoms with Crippen molar-refractivity contribution in [2.24, 2.45) is 0 Å². The highest BCUT2D eigenvalue weighted by Crippen LogP contribution is 2.35. The van der Waals surface area contributed by atoms with Gasteiger partial charge in [-0.1, -0.05) is 0 Å². The number of thiophene rings is 1. The number of nitrogens with zero attached hydrogens (tertiary/aromatic N) is 2. The molecule has 1 unspecified atom stereocenters. The molecule has 1 N–H and O–H groups in total. The van der Waals surface area contributed by atoms with Crippen molar-refractivity contribution in [1.29, 1.82) is 0 Å². The van der Waals surface area contributed by atoms with E-state index >= 15 is 0 Å². The van der Waals surface area contributed by atoms with Gasteiger partial charge in [-0.15, -0.1) is 11.3 Å². The number of nitro groups is 1. The second-order valence-electron chi connectivity index (χ2n) is 4.55. The van der Waals surface area contributed by atoms with Crippen LogP contribution in [0.1, 0.15) is 29.3 Å². The number of anilines is 1. The van der Waals surface area contributed by atoms with E-state index in [1.165, 1.54) is 22.7 Å². The van der Waals surface area contributed by atoms with Gasteiger partial charge in [-0.2, -0.15) is 0 Å². The smallest absolute Gasteiger partial charge is 0.287 e. The van der Waals surface area contributed by atoms with Crippen LogP contribution in [0.3, 0.4) is 0 Å². The van der Waals surface area contributed by atoms with Crippen LogP contribution in [0.15, 0.2) is 29.8 Å². The quantitative estimate of drug-likeness (QED) is 0.687. The lowest BCUT2D eigenvalue weighted by molar-refractivity contribution is -0.385. The summed E-state index contributed by atoms with van der Waals surface area (Å²) >= 11 is 1.80. The Balaban J connectivity index is 1.78. The number of aromatic nitrogens is 1. The van der Waals surface area contributed by atoms with Crippen molar-refractivity contribution in [3.8, 4) is 0 Å². The summed E-state index contributed by atoms with van der Waals surface area (Å²) in [6.45, 7) is 0. The lowest BCUT2D eigenvalue weighted by Gasteiger charge is -2.24. The highest BCUT2D eigenvalue weighted by atomic mass is 32.1.